The number of alkyl halides is 3. The second-order valence-corrected chi connectivity index (χ2v) is 6.18. The summed E-state index contributed by atoms with van der Waals surface area (Å²) in [4.78, 5) is 24.8. The normalized spacial score (nSPS) is 27.1. The molecule has 2 aliphatic rings. The summed E-state index contributed by atoms with van der Waals surface area (Å²) in [7, 11) is 0. The second kappa shape index (κ2) is 5.54. The molecule has 0 unspecified atom stereocenters. The van der Waals surface area contributed by atoms with Gasteiger partial charge >= 0.3 is 12.1 Å². The van der Waals surface area contributed by atoms with Crippen molar-refractivity contribution < 1.29 is 27.9 Å². The van der Waals surface area contributed by atoms with E-state index in [9.17, 15) is 22.8 Å². The van der Waals surface area contributed by atoms with Crippen molar-refractivity contribution in [2.75, 3.05) is 13.1 Å². The van der Waals surface area contributed by atoms with E-state index in [0.29, 0.717) is 19.4 Å². The highest BCUT2D eigenvalue weighted by atomic mass is 19.4. The smallest absolute Gasteiger partial charge is 0.416 e. The molecule has 1 amide bonds. The number of nitrogens with zero attached hydrogens (tertiary/aromatic N) is 1. The first-order chi connectivity index (χ1) is 10.8. The van der Waals surface area contributed by atoms with Crippen LogP contribution in [0.4, 0.5) is 13.2 Å². The summed E-state index contributed by atoms with van der Waals surface area (Å²) < 4.78 is 37.6. The summed E-state index contributed by atoms with van der Waals surface area (Å²) in [6, 6.07) is 4.91. The summed E-state index contributed by atoms with van der Waals surface area (Å²) in [5.74, 6) is -1.79. The minimum Gasteiger partial charge on any atom is -0.481 e. The van der Waals surface area contributed by atoms with Gasteiger partial charge in [-0.2, -0.15) is 13.2 Å². The van der Waals surface area contributed by atoms with Gasteiger partial charge in [0.2, 0.25) is 5.91 Å². The summed E-state index contributed by atoms with van der Waals surface area (Å²) in [6.07, 6.45) is -3.30. The number of carboxylic acid groups (broad SMARTS) is 1. The fourth-order valence-corrected chi connectivity index (χ4v) is 3.15. The number of carboxylic acids is 1. The van der Waals surface area contributed by atoms with E-state index in [1.54, 1.807) is 4.90 Å². The van der Waals surface area contributed by atoms with E-state index in [0.717, 1.165) is 17.7 Å². The van der Waals surface area contributed by atoms with E-state index >= 15 is 0 Å². The standard InChI is InChI=1S/C16H16F3NO3/c17-16(18,19)11-3-1-9(2-4-11)12-7-13(12)14(21)20-6-5-10(8-20)15(22)23/h1-4,10,12-13H,5-8H2,(H,22,23)/t10-,12+,13-/m1/s1. The van der Waals surface area contributed by atoms with Crippen LogP contribution in [0.3, 0.4) is 0 Å². The molecule has 1 heterocycles. The summed E-state index contributed by atoms with van der Waals surface area (Å²) in [6.45, 7) is 0.663. The van der Waals surface area contributed by atoms with Gasteiger partial charge in [-0.3, -0.25) is 9.59 Å². The quantitative estimate of drug-likeness (QED) is 0.929. The highest BCUT2D eigenvalue weighted by Crippen LogP contribution is 2.49. The molecule has 23 heavy (non-hydrogen) atoms. The number of carbonyl (C=O) groups is 2. The number of aliphatic carboxylic acids is 1. The molecule has 1 saturated carbocycles. The van der Waals surface area contributed by atoms with Crippen LogP contribution in [0.25, 0.3) is 0 Å². The number of carbonyl (C=O) groups excluding carboxylic acids is 1. The van der Waals surface area contributed by atoms with Crippen molar-refractivity contribution in [3.05, 3.63) is 35.4 Å². The van der Waals surface area contributed by atoms with E-state index in [1.807, 2.05) is 0 Å². The van der Waals surface area contributed by atoms with E-state index in [4.69, 9.17) is 5.11 Å². The Morgan fingerprint density at radius 1 is 1.17 bits per heavy atom. The lowest BCUT2D eigenvalue weighted by molar-refractivity contribution is -0.141. The maximum atomic E-state index is 12.5. The molecule has 3 rings (SSSR count). The average molecular weight is 327 g/mol. The van der Waals surface area contributed by atoms with Crippen molar-refractivity contribution in [1.29, 1.82) is 0 Å². The van der Waals surface area contributed by atoms with Crippen LogP contribution in [0.5, 0.6) is 0 Å². The number of hydrogen-bond acceptors (Lipinski definition) is 2. The molecule has 124 valence electrons. The van der Waals surface area contributed by atoms with Crippen molar-refractivity contribution in [2.45, 2.75) is 24.9 Å². The lowest BCUT2D eigenvalue weighted by atomic mass is 10.1. The minimum atomic E-state index is -4.36. The van der Waals surface area contributed by atoms with Gasteiger partial charge in [-0.1, -0.05) is 12.1 Å². The number of hydrogen-bond donors (Lipinski definition) is 1. The number of halogens is 3. The van der Waals surface area contributed by atoms with Gasteiger partial charge in [-0.05, 0) is 36.5 Å². The molecule has 1 aromatic rings. The van der Waals surface area contributed by atoms with Crippen LogP contribution in [0.1, 0.15) is 29.9 Å². The Hall–Kier alpha value is -2.05. The predicted molar refractivity (Wildman–Crippen MR) is 74.6 cm³/mol. The van der Waals surface area contributed by atoms with Gasteiger partial charge in [0.1, 0.15) is 0 Å². The third kappa shape index (κ3) is 3.18. The molecule has 1 aliphatic carbocycles. The molecule has 0 bridgehead atoms. The second-order valence-electron chi connectivity index (χ2n) is 6.18. The fraction of sp³-hybridized carbons (Fsp3) is 0.500. The molecule has 0 spiro atoms. The molecule has 1 aromatic carbocycles. The summed E-state index contributed by atoms with van der Waals surface area (Å²) in [5.41, 5.74) is 0.0268. The Labute approximate surface area is 130 Å². The molecule has 2 fully saturated rings. The molecule has 0 radical (unpaired) electrons. The van der Waals surface area contributed by atoms with Crippen LogP contribution in [0.2, 0.25) is 0 Å². The van der Waals surface area contributed by atoms with E-state index in [-0.39, 0.29) is 24.3 Å². The van der Waals surface area contributed by atoms with Crippen LogP contribution < -0.4 is 0 Å². The third-order valence-electron chi connectivity index (χ3n) is 4.62. The molecule has 7 heteroatoms. The first-order valence-corrected chi connectivity index (χ1v) is 7.46. The first-order valence-electron chi connectivity index (χ1n) is 7.46. The van der Waals surface area contributed by atoms with Crippen LogP contribution >= 0.6 is 0 Å². The van der Waals surface area contributed by atoms with Gasteiger partial charge in [0.05, 0.1) is 11.5 Å². The Morgan fingerprint density at radius 2 is 1.83 bits per heavy atom. The Bertz CT molecular complexity index is 626. The topological polar surface area (TPSA) is 57.6 Å². The highest BCUT2D eigenvalue weighted by molar-refractivity contribution is 5.84. The fourth-order valence-electron chi connectivity index (χ4n) is 3.15. The lowest BCUT2D eigenvalue weighted by Gasteiger charge is -2.15. The van der Waals surface area contributed by atoms with Crippen molar-refractivity contribution in [1.82, 2.24) is 4.90 Å². The van der Waals surface area contributed by atoms with Crippen molar-refractivity contribution in [3.63, 3.8) is 0 Å². The van der Waals surface area contributed by atoms with Gasteiger partial charge in [-0.15, -0.1) is 0 Å². The minimum absolute atomic E-state index is 0.0614. The van der Waals surface area contributed by atoms with Crippen molar-refractivity contribution >= 4 is 11.9 Å². The van der Waals surface area contributed by atoms with Crippen molar-refractivity contribution in [3.8, 4) is 0 Å². The molecule has 3 atom stereocenters. The maximum absolute atomic E-state index is 12.5. The highest BCUT2D eigenvalue weighted by Gasteiger charge is 2.47. The van der Waals surface area contributed by atoms with Crippen LogP contribution in [-0.4, -0.2) is 35.0 Å². The number of benzene rings is 1. The molecule has 4 nitrogen and oxygen atoms in total. The Kier molecular flexibility index (Phi) is 3.82. The molecule has 0 aromatic heterocycles. The molecule has 1 N–H and O–H groups in total. The van der Waals surface area contributed by atoms with Gasteiger partial charge in [0.25, 0.3) is 0 Å². The monoisotopic (exact) mass is 327 g/mol. The van der Waals surface area contributed by atoms with Crippen molar-refractivity contribution in [2.24, 2.45) is 11.8 Å². The van der Waals surface area contributed by atoms with Gasteiger partial charge in [0, 0.05) is 19.0 Å². The summed E-state index contributed by atoms with van der Waals surface area (Å²) in [5, 5.41) is 8.96. The number of rotatable bonds is 3. The zero-order chi connectivity index (χ0) is 16.8. The lowest BCUT2D eigenvalue weighted by Crippen LogP contribution is -2.31. The number of likely N-dealkylation sites (tertiary alicyclic amines) is 1. The summed E-state index contributed by atoms with van der Waals surface area (Å²) >= 11 is 0. The Morgan fingerprint density at radius 3 is 2.35 bits per heavy atom. The molecular formula is C16H16F3NO3. The van der Waals surface area contributed by atoms with Gasteiger partial charge in [0.15, 0.2) is 0 Å². The third-order valence-corrected chi connectivity index (χ3v) is 4.62. The van der Waals surface area contributed by atoms with E-state index < -0.39 is 23.6 Å². The first kappa shape index (κ1) is 15.8. The average Bonchev–Trinajstić information content (AvgIpc) is 3.13. The SMILES string of the molecule is O=C(O)[C@@H]1CCN(C(=O)[C@@H]2C[C@H]2c2ccc(C(F)(F)F)cc2)C1. The van der Waals surface area contributed by atoms with E-state index in [2.05, 4.69) is 0 Å². The number of amides is 1. The maximum Gasteiger partial charge on any atom is 0.416 e. The largest absolute Gasteiger partial charge is 0.481 e. The van der Waals surface area contributed by atoms with Gasteiger partial charge in [-0.25, -0.2) is 0 Å². The van der Waals surface area contributed by atoms with Crippen LogP contribution in [0, 0.1) is 11.8 Å². The molecular weight excluding hydrogens is 311 g/mol. The van der Waals surface area contributed by atoms with Crippen LogP contribution in [0.15, 0.2) is 24.3 Å². The molecule has 1 saturated heterocycles. The predicted octanol–water partition coefficient (Wildman–Crippen LogP) is 2.74. The zero-order valence-electron chi connectivity index (χ0n) is 12.2. The zero-order valence-corrected chi connectivity index (χ0v) is 12.2. The molecule has 1 aliphatic heterocycles. The van der Waals surface area contributed by atoms with E-state index in [1.165, 1.54) is 12.1 Å². The van der Waals surface area contributed by atoms with Gasteiger partial charge < -0.3 is 10.0 Å². The Balaban J connectivity index is 1.61. The van der Waals surface area contributed by atoms with Crippen LogP contribution in [-0.2, 0) is 15.8 Å².